The van der Waals surface area contributed by atoms with E-state index >= 15 is 0 Å². The first-order valence-corrected chi connectivity index (χ1v) is 6.83. The number of amides is 2. The van der Waals surface area contributed by atoms with Crippen molar-refractivity contribution in [2.24, 2.45) is 5.92 Å². The molecular weight excluding hydrogens is 275 g/mol. The summed E-state index contributed by atoms with van der Waals surface area (Å²) in [6.07, 6.45) is 0.755. The maximum Gasteiger partial charge on any atom is 0.313 e. The van der Waals surface area contributed by atoms with Gasteiger partial charge in [-0.15, -0.1) is 0 Å². The van der Waals surface area contributed by atoms with Crippen molar-refractivity contribution in [2.45, 2.75) is 32.8 Å². The van der Waals surface area contributed by atoms with Crippen LogP contribution in [0.2, 0.25) is 0 Å². The van der Waals surface area contributed by atoms with Gasteiger partial charge in [0.15, 0.2) is 0 Å². The van der Waals surface area contributed by atoms with Crippen molar-refractivity contribution in [3.8, 4) is 0 Å². The van der Waals surface area contributed by atoms with E-state index in [1.165, 1.54) is 24.3 Å². The zero-order chi connectivity index (χ0) is 16.0. The molecule has 0 radical (unpaired) electrons. The summed E-state index contributed by atoms with van der Waals surface area (Å²) in [7, 11) is 0. The Morgan fingerprint density at radius 3 is 2.38 bits per heavy atom. The maximum absolute atomic E-state index is 12.7. The van der Waals surface area contributed by atoms with E-state index in [0.717, 1.165) is 6.42 Å². The van der Waals surface area contributed by atoms with Crippen molar-refractivity contribution in [1.29, 1.82) is 0 Å². The monoisotopic (exact) mass is 296 g/mol. The molecule has 3 N–H and O–H groups in total. The minimum atomic E-state index is -1.08. The van der Waals surface area contributed by atoms with E-state index in [-0.39, 0.29) is 12.5 Å². The van der Waals surface area contributed by atoms with Crippen molar-refractivity contribution in [3.05, 3.63) is 30.1 Å². The summed E-state index contributed by atoms with van der Waals surface area (Å²) in [5, 5.41) is 14.9. The molecule has 2 atom stereocenters. The van der Waals surface area contributed by atoms with Crippen molar-refractivity contribution < 1.29 is 19.1 Å². The summed E-state index contributed by atoms with van der Waals surface area (Å²) in [6, 6.07) is 5.08. The maximum atomic E-state index is 12.7. The van der Waals surface area contributed by atoms with Crippen LogP contribution in [0.4, 0.5) is 10.1 Å². The van der Waals surface area contributed by atoms with Gasteiger partial charge in [-0.1, -0.05) is 20.3 Å². The van der Waals surface area contributed by atoms with Crippen molar-refractivity contribution in [1.82, 2.24) is 5.32 Å². The van der Waals surface area contributed by atoms with Gasteiger partial charge in [-0.2, -0.15) is 0 Å². The molecule has 0 fully saturated rings. The first kappa shape index (κ1) is 17.1. The van der Waals surface area contributed by atoms with E-state index in [4.69, 9.17) is 0 Å². The van der Waals surface area contributed by atoms with Crippen molar-refractivity contribution >= 4 is 17.5 Å². The van der Waals surface area contributed by atoms with Gasteiger partial charge in [-0.05, 0) is 37.1 Å². The molecule has 0 aromatic heterocycles. The van der Waals surface area contributed by atoms with Crippen LogP contribution in [0.3, 0.4) is 0 Å². The number of hydrogen-bond acceptors (Lipinski definition) is 3. The highest BCUT2D eigenvalue weighted by Crippen LogP contribution is 2.18. The Morgan fingerprint density at radius 2 is 1.86 bits per heavy atom. The lowest BCUT2D eigenvalue weighted by molar-refractivity contribution is -0.137. The smallest absolute Gasteiger partial charge is 0.313 e. The fraction of sp³-hybridized carbons (Fsp3) is 0.467. The van der Waals surface area contributed by atoms with Crippen LogP contribution in [0.5, 0.6) is 0 Å². The number of aliphatic hydroxyl groups is 1. The van der Waals surface area contributed by atoms with Gasteiger partial charge in [0, 0.05) is 12.2 Å². The van der Waals surface area contributed by atoms with Gasteiger partial charge < -0.3 is 15.7 Å². The van der Waals surface area contributed by atoms with E-state index in [1.807, 2.05) is 13.8 Å². The Hall–Kier alpha value is -1.95. The van der Waals surface area contributed by atoms with Crippen LogP contribution < -0.4 is 10.6 Å². The van der Waals surface area contributed by atoms with Crippen LogP contribution in [0.25, 0.3) is 0 Å². The first-order chi connectivity index (χ1) is 9.76. The minimum absolute atomic E-state index is 0.0158. The van der Waals surface area contributed by atoms with Crippen molar-refractivity contribution in [3.63, 3.8) is 0 Å². The molecule has 1 aromatic carbocycles. The van der Waals surface area contributed by atoms with Gasteiger partial charge in [0.2, 0.25) is 0 Å². The van der Waals surface area contributed by atoms with Gasteiger partial charge in [0.1, 0.15) is 5.82 Å². The number of rotatable bonds is 5. The first-order valence-electron chi connectivity index (χ1n) is 6.83. The Morgan fingerprint density at radius 1 is 1.29 bits per heavy atom. The number of carbonyl (C=O) groups excluding carboxylic acids is 2. The summed E-state index contributed by atoms with van der Waals surface area (Å²) < 4.78 is 12.7. The molecule has 0 spiro atoms. The molecular formula is C15H21FN2O3. The second-order valence-corrected chi connectivity index (χ2v) is 5.31. The number of benzene rings is 1. The molecule has 116 valence electrons. The fourth-order valence-electron chi connectivity index (χ4n) is 1.67. The van der Waals surface area contributed by atoms with Crippen LogP contribution >= 0.6 is 0 Å². The third kappa shape index (κ3) is 5.15. The van der Waals surface area contributed by atoms with Crippen molar-refractivity contribution in [2.75, 3.05) is 11.9 Å². The van der Waals surface area contributed by atoms with E-state index in [2.05, 4.69) is 10.6 Å². The fourth-order valence-corrected chi connectivity index (χ4v) is 1.67. The average molecular weight is 296 g/mol. The second-order valence-electron chi connectivity index (χ2n) is 5.31. The molecule has 1 rings (SSSR count). The molecule has 0 aliphatic rings. The molecule has 0 heterocycles. The third-order valence-corrected chi connectivity index (χ3v) is 3.59. The second kappa shape index (κ2) is 7.17. The number of carbonyl (C=O) groups is 2. The summed E-state index contributed by atoms with van der Waals surface area (Å²) in [6.45, 7) is 5.39. The largest absolute Gasteiger partial charge is 0.388 e. The summed E-state index contributed by atoms with van der Waals surface area (Å²) in [5.74, 6) is -2.15. The Labute approximate surface area is 123 Å². The lowest BCUT2D eigenvalue weighted by Gasteiger charge is -2.29. The number of hydrogen-bond donors (Lipinski definition) is 3. The molecule has 6 heteroatoms. The standard InChI is InChI=1S/C15H21FN2O3/c1-4-10(2)15(3,21)9-17-13(19)14(20)18-12-7-5-11(16)6-8-12/h5-8,10,21H,4,9H2,1-3H3,(H,17,19)(H,18,20)/t10-,15+/m0/s1. The highest BCUT2D eigenvalue weighted by molar-refractivity contribution is 6.39. The molecule has 0 saturated heterocycles. The van der Waals surface area contributed by atoms with Gasteiger partial charge >= 0.3 is 11.8 Å². The Bertz CT molecular complexity index is 500. The van der Waals surface area contributed by atoms with Gasteiger partial charge in [0.05, 0.1) is 5.60 Å². The van der Waals surface area contributed by atoms with Gasteiger partial charge in [-0.25, -0.2) is 4.39 Å². The molecule has 21 heavy (non-hydrogen) atoms. The number of nitrogens with one attached hydrogen (secondary N) is 2. The molecule has 0 unspecified atom stereocenters. The van der Waals surface area contributed by atoms with E-state index in [1.54, 1.807) is 6.92 Å². The minimum Gasteiger partial charge on any atom is -0.388 e. The van der Waals surface area contributed by atoms with Crippen LogP contribution in [-0.2, 0) is 9.59 Å². The van der Waals surface area contributed by atoms with Crippen LogP contribution in [0, 0.1) is 11.7 Å². The highest BCUT2D eigenvalue weighted by atomic mass is 19.1. The zero-order valence-corrected chi connectivity index (χ0v) is 12.4. The third-order valence-electron chi connectivity index (χ3n) is 3.59. The Balaban J connectivity index is 2.52. The van der Waals surface area contributed by atoms with Crippen LogP contribution in [0.1, 0.15) is 27.2 Å². The number of halogens is 1. The highest BCUT2D eigenvalue weighted by Gasteiger charge is 2.28. The quantitative estimate of drug-likeness (QED) is 0.723. The Kier molecular flexibility index (Phi) is 5.84. The topological polar surface area (TPSA) is 78.4 Å². The molecule has 0 aliphatic heterocycles. The predicted molar refractivity (Wildman–Crippen MR) is 78.1 cm³/mol. The van der Waals surface area contributed by atoms with Gasteiger partial charge in [0.25, 0.3) is 0 Å². The average Bonchev–Trinajstić information content (AvgIpc) is 2.46. The molecule has 0 saturated carbocycles. The molecule has 1 aromatic rings. The van der Waals surface area contributed by atoms with Crippen LogP contribution in [0.15, 0.2) is 24.3 Å². The predicted octanol–water partition coefficient (Wildman–Crippen LogP) is 1.68. The van der Waals surface area contributed by atoms with E-state index in [0.29, 0.717) is 5.69 Å². The SMILES string of the molecule is CC[C@H](C)[C@](C)(O)CNC(=O)C(=O)Nc1ccc(F)cc1. The van der Waals surface area contributed by atoms with Crippen LogP contribution in [-0.4, -0.2) is 29.1 Å². The summed E-state index contributed by atoms with van der Waals surface area (Å²) in [5.41, 5.74) is -0.758. The normalized spacial score (nSPS) is 14.9. The van der Waals surface area contributed by atoms with E-state index < -0.39 is 23.2 Å². The van der Waals surface area contributed by atoms with E-state index in [9.17, 15) is 19.1 Å². The van der Waals surface area contributed by atoms with Gasteiger partial charge in [-0.3, -0.25) is 9.59 Å². The summed E-state index contributed by atoms with van der Waals surface area (Å²) in [4.78, 5) is 23.3. The number of anilines is 1. The molecule has 5 nitrogen and oxygen atoms in total. The summed E-state index contributed by atoms with van der Waals surface area (Å²) >= 11 is 0. The molecule has 2 amide bonds. The molecule has 0 bridgehead atoms. The molecule has 0 aliphatic carbocycles. The lowest BCUT2D eigenvalue weighted by Crippen LogP contribution is -2.47. The lowest BCUT2D eigenvalue weighted by atomic mass is 9.89. The zero-order valence-electron chi connectivity index (χ0n) is 12.4.